The summed E-state index contributed by atoms with van der Waals surface area (Å²) in [6, 6.07) is 9.52. The summed E-state index contributed by atoms with van der Waals surface area (Å²) in [5.74, 6) is 0.987. The summed E-state index contributed by atoms with van der Waals surface area (Å²) in [6.07, 6.45) is 4.16. The van der Waals surface area contributed by atoms with E-state index in [4.69, 9.17) is 14.0 Å². The predicted molar refractivity (Wildman–Crippen MR) is 127 cm³/mol. The molecule has 6 rings (SSSR count). The van der Waals surface area contributed by atoms with Crippen LogP contribution < -0.4 is 5.32 Å². The number of ether oxygens (including phenoxy) is 1. The molecule has 2 bridgehead atoms. The average Bonchev–Trinajstić information content (AvgIpc) is 3.73. The zero-order valence-corrected chi connectivity index (χ0v) is 21.0. The number of benzene rings is 1. The first-order valence-electron chi connectivity index (χ1n) is 12.8. The number of rotatable bonds is 7. The summed E-state index contributed by atoms with van der Waals surface area (Å²) in [5, 5.41) is 13.2. The Labute approximate surface area is 210 Å². The summed E-state index contributed by atoms with van der Waals surface area (Å²) in [5.41, 5.74) is 0.140. The van der Waals surface area contributed by atoms with E-state index >= 15 is 0 Å². The lowest BCUT2D eigenvalue weighted by molar-refractivity contribution is -0.153. The highest BCUT2D eigenvalue weighted by molar-refractivity contribution is 5.77. The fourth-order valence-corrected chi connectivity index (χ4v) is 5.47. The van der Waals surface area contributed by atoms with Gasteiger partial charge < -0.3 is 19.4 Å². The van der Waals surface area contributed by atoms with E-state index in [1.54, 1.807) is 5.06 Å². The van der Waals surface area contributed by atoms with Gasteiger partial charge in [0.1, 0.15) is 18.2 Å². The number of nitrogens with one attached hydrogen (secondary N) is 1. The topological polar surface area (TPSA) is 110 Å². The van der Waals surface area contributed by atoms with Crippen LogP contribution in [0.2, 0.25) is 0 Å². The average molecular weight is 496 g/mol. The maximum atomic E-state index is 13.4. The number of hydrogen-bond acceptors (Lipinski definition) is 7. The van der Waals surface area contributed by atoms with Gasteiger partial charge >= 0.3 is 12.1 Å². The monoisotopic (exact) mass is 495 g/mol. The molecule has 2 aliphatic heterocycles. The minimum Gasteiger partial charge on any atom is -0.444 e. The van der Waals surface area contributed by atoms with Crippen LogP contribution in [-0.2, 0) is 21.6 Å². The van der Waals surface area contributed by atoms with Gasteiger partial charge in [-0.1, -0.05) is 30.3 Å². The van der Waals surface area contributed by atoms with Crippen molar-refractivity contribution in [3.63, 3.8) is 0 Å². The number of nitrogens with zero attached hydrogens (tertiary/aromatic N) is 4. The van der Waals surface area contributed by atoms with Crippen molar-refractivity contribution in [3.05, 3.63) is 47.7 Å². The van der Waals surface area contributed by atoms with Gasteiger partial charge in [0.25, 0.3) is 0 Å². The van der Waals surface area contributed by atoms with Crippen LogP contribution >= 0.6 is 0 Å². The first kappa shape index (κ1) is 23.3. The van der Waals surface area contributed by atoms with Gasteiger partial charge in [-0.05, 0) is 63.9 Å². The third-order valence-electron chi connectivity index (χ3n) is 7.88. The van der Waals surface area contributed by atoms with Gasteiger partial charge in [0.15, 0.2) is 0 Å². The van der Waals surface area contributed by atoms with E-state index in [2.05, 4.69) is 15.5 Å². The molecule has 1 aromatic carbocycles. The first-order chi connectivity index (χ1) is 17.2. The van der Waals surface area contributed by atoms with E-state index in [0.29, 0.717) is 31.5 Å². The van der Waals surface area contributed by atoms with Crippen LogP contribution in [0.5, 0.6) is 0 Å². The molecule has 1 spiro atoms. The third kappa shape index (κ3) is 4.21. The molecular formula is C26H33N5O5. The van der Waals surface area contributed by atoms with E-state index in [0.717, 1.165) is 37.7 Å². The van der Waals surface area contributed by atoms with Crippen molar-refractivity contribution in [2.24, 2.45) is 5.41 Å². The lowest BCUT2D eigenvalue weighted by atomic mass is 9.85. The van der Waals surface area contributed by atoms with E-state index < -0.39 is 11.7 Å². The van der Waals surface area contributed by atoms with Crippen molar-refractivity contribution >= 4 is 12.1 Å². The largest absolute Gasteiger partial charge is 0.444 e. The molecule has 2 atom stereocenters. The molecule has 0 radical (unpaired) electrons. The van der Waals surface area contributed by atoms with Gasteiger partial charge in [0.2, 0.25) is 11.8 Å². The Balaban J connectivity index is 1.15. The Morgan fingerprint density at radius 1 is 1.17 bits per heavy atom. The van der Waals surface area contributed by atoms with Gasteiger partial charge in [0, 0.05) is 13.1 Å². The zero-order chi connectivity index (χ0) is 25.1. The van der Waals surface area contributed by atoms with Crippen LogP contribution in [0.3, 0.4) is 0 Å². The smallest absolute Gasteiger partial charge is 0.407 e. The first-order valence-corrected chi connectivity index (χ1v) is 12.8. The van der Waals surface area contributed by atoms with Gasteiger partial charge in [0.05, 0.1) is 11.5 Å². The van der Waals surface area contributed by atoms with Gasteiger partial charge in [-0.15, -0.1) is 10.2 Å². The highest BCUT2D eigenvalue weighted by atomic mass is 16.7. The lowest BCUT2D eigenvalue weighted by Crippen LogP contribution is -2.42. The Morgan fingerprint density at radius 3 is 2.58 bits per heavy atom. The van der Waals surface area contributed by atoms with Crippen molar-refractivity contribution in [1.29, 1.82) is 0 Å². The van der Waals surface area contributed by atoms with Crippen molar-refractivity contribution in [1.82, 2.24) is 25.5 Å². The number of fused-ring (bicyclic) bond motifs is 3. The number of aromatic nitrogens is 2. The second-order valence-electron chi connectivity index (χ2n) is 11.7. The number of urea groups is 1. The van der Waals surface area contributed by atoms with Gasteiger partial charge in [-0.3, -0.25) is 4.84 Å². The minimum absolute atomic E-state index is 0.0359. The zero-order valence-electron chi connectivity index (χ0n) is 21.0. The van der Waals surface area contributed by atoms with Gasteiger partial charge in [-0.2, -0.15) is 5.06 Å². The summed E-state index contributed by atoms with van der Waals surface area (Å²) >= 11 is 0. The standard InChI is InChI=1S/C26H33N5O5/c1-24(2,3)36-22(32)27-16-26(11-12-26)21-29-28-20(35-21)18-13-25(9-10-25)19-14-30(18)23(33)31(19)34-15-17-7-5-4-6-8-17/h4-8,18-19H,9-16H2,1-3H3,(H,27,32)/t18-,19+/m0/s1. The molecule has 1 aromatic heterocycles. The number of hydrogen-bond donors (Lipinski definition) is 1. The molecule has 4 aliphatic rings. The molecule has 2 aliphatic carbocycles. The molecule has 2 aromatic rings. The number of hydroxylamine groups is 2. The van der Waals surface area contributed by atoms with E-state index in [1.807, 2.05) is 56.0 Å². The Kier molecular flexibility index (Phi) is 5.30. The highest BCUT2D eigenvalue weighted by Crippen LogP contribution is 2.62. The highest BCUT2D eigenvalue weighted by Gasteiger charge is 2.64. The fraction of sp³-hybridized carbons (Fsp3) is 0.615. The van der Waals surface area contributed by atoms with Crippen LogP contribution in [0, 0.1) is 5.41 Å². The Hall–Kier alpha value is -3.14. The van der Waals surface area contributed by atoms with E-state index in [1.165, 1.54) is 0 Å². The summed E-state index contributed by atoms with van der Waals surface area (Å²) in [7, 11) is 0. The Morgan fingerprint density at radius 2 is 1.92 bits per heavy atom. The third-order valence-corrected chi connectivity index (χ3v) is 7.88. The molecule has 2 saturated heterocycles. The molecular weight excluding hydrogens is 462 g/mol. The molecule has 10 heteroatoms. The van der Waals surface area contributed by atoms with Crippen LogP contribution in [0.15, 0.2) is 34.7 Å². The minimum atomic E-state index is -0.559. The summed E-state index contributed by atoms with van der Waals surface area (Å²) in [4.78, 5) is 33.4. The molecule has 192 valence electrons. The molecule has 4 fully saturated rings. The van der Waals surface area contributed by atoms with E-state index in [9.17, 15) is 9.59 Å². The molecule has 3 amide bonds. The van der Waals surface area contributed by atoms with Crippen molar-refractivity contribution in [2.45, 2.75) is 82.6 Å². The number of piperidine rings is 1. The normalized spacial score (nSPS) is 25.2. The van der Waals surface area contributed by atoms with E-state index in [-0.39, 0.29) is 28.9 Å². The van der Waals surface area contributed by atoms with Crippen LogP contribution in [-0.4, -0.2) is 57.0 Å². The number of alkyl carbamates (subject to hydrolysis) is 1. The second-order valence-corrected chi connectivity index (χ2v) is 11.7. The molecule has 3 heterocycles. The maximum absolute atomic E-state index is 13.4. The van der Waals surface area contributed by atoms with Crippen LogP contribution in [0.25, 0.3) is 0 Å². The lowest BCUT2D eigenvalue weighted by Gasteiger charge is -2.35. The van der Waals surface area contributed by atoms with Crippen molar-refractivity contribution in [2.75, 3.05) is 13.1 Å². The quantitative estimate of drug-likeness (QED) is 0.616. The summed E-state index contributed by atoms with van der Waals surface area (Å²) < 4.78 is 11.6. The Bertz CT molecular complexity index is 1150. The van der Waals surface area contributed by atoms with Crippen molar-refractivity contribution in [3.8, 4) is 0 Å². The fourth-order valence-electron chi connectivity index (χ4n) is 5.47. The van der Waals surface area contributed by atoms with Crippen LogP contribution in [0.4, 0.5) is 9.59 Å². The summed E-state index contributed by atoms with van der Waals surface area (Å²) in [6.45, 7) is 6.83. The predicted octanol–water partition coefficient (Wildman–Crippen LogP) is 4.09. The molecule has 36 heavy (non-hydrogen) atoms. The molecule has 2 saturated carbocycles. The number of amides is 3. The maximum Gasteiger partial charge on any atom is 0.407 e. The second kappa shape index (κ2) is 8.19. The van der Waals surface area contributed by atoms with Crippen molar-refractivity contribution < 1.29 is 23.6 Å². The number of carbonyl (C=O) groups is 2. The van der Waals surface area contributed by atoms with Gasteiger partial charge in [-0.25, -0.2) is 9.59 Å². The van der Waals surface area contributed by atoms with Crippen LogP contribution in [0.1, 0.15) is 76.3 Å². The SMILES string of the molecule is CC(C)(C)OC(=O)NCC1(c2nnc([C@@H]3CC4(CC4)[C@H]4CN3C(=O)N4OCc3ccccc3)o2)CC1. The number of carbonyl (C=O) groups excluding carboxylic acids is 2. The molecule has 10 nitrogen and oxygen atoms in total. The molecule has 1 N–H and O–H groups in total. The molecule has 0 unspecified atom stereocenters.